The van der Waals surface area contributed by atoms with Gasteiger partial charge in [0.25, 0.3) is 5.56 Å². The van der Waals surface area contributed by atoms with Gasteiger partial charge >= 0.3 is 5.69 Å². The third kappa shape index (κ3) is 3.14. The molecule has 29 heavy (non-hydrogen) atoms. The predicted octanol–water partition coefficient (Wildman–Crippen LogP) is 2.45. The maximum Gasteiger partial charge on any atom is 0.349 e. The number of hydrogen-bond acceptors (Lipinski definition) is 6. The summed E-state index contributed by atoms with van der Waals surface area (Å²) in [6, 6.07) is 9.89. The average Bonchev–Trinajstić information content (AvgIpc) is 3.10. The Hall–Kier alpha value is -3.61. The maximum atomic E-state index is 12.1. The van der Waals surface area contributed by atoms with Crippen molar-refractivity contribution < 1.29 is 4.74 Å². The number of H-pyrrole nitrogens is 1. The van der Waals surface area contributed by atoms with E-state index in [1.807, 2.05) is 11.1 Å². The van der Waals surface area contributed by atoms with Crippen molar-refractivity contribution in [1.82, 2.24) is 24.3 Å². The molecule has 2 heterocycles. The van der Waals surface area contributed by atoms with E-state index in [2.05, 4.69) is 10.1 Å². The molecular weight excluding hydrogens is 419 g/mol. The minimum atomic E-state index is -0.872. The van der Waals surface area contributed by atoms with Crippen LogP contribution in [0.5, 0.6) is 5.75 Å². The molecule has 0 saturated carbocycles. The number of benzene rings is 2. The lowest BCUT2D eigenvalue weighted by atomic mass is 10.2. The lowest BCUT2D eigenvalue weighted by Crippen LogP contribution is -2.33. The molecule has 11 heteroatoms. The number of aromatic amines is 1. The Labute approximate surface area is 172 Å². The fourth-order valence-corrected chi connectivity index (χ4v) is 3.51. The van der Waals surface area contributed by atoms with E-state index >= 15 is 0 Å². The van der Waals surface area contributed by atoms with Crippen LogP contribution in [0.3, 0.4) is 0 Å². The molecule has 1 N–H and O–H groups in total. The van der Waals surface area contributed by atoms with Crippen molar-refractivity contribution in [1.29, 1.82) is 5.26 Å². The van der Waals surface area contributed by atoms with Crippen LogP contribution in [0.15, 0.2) is 46.2 Å². The summed E-state index contributed by atoms with van der Waals surface area (Å²) < 4.78 is 7.75. The van der Waals surface area contributed by atoms with Crippen LogP contribution in [0.25, 0.3) is 22.4 Å². The molecule has 0 aliphatic carbocycles. The molecule has 9 nitrogen and oxygen atoms in total. The molecule has 0 amide bonds. The highest BCUT2D eigenvalue weighted by atomic mass is 35.5. The number of fused-ring (bicyclic) bond motifs is 1. The van der Waals surface area contributed by atoms with Gasteiger partial charge in [0.05, 0.1) is 39.6 Å². The fraction of sp³-hybridized carbons (Fsp3) is 0.0556. The van der Waals surface area contributed by atoms with E-state index in [-0.39, 0.29) is 15.7 Å². The lowest BCUT2D eigenvalue weighted by Gasteiger charge is -2.12. The van der Waals surface area contributed by atoms with E-state index in [1.54, 1.807) is 36.2 Å². The average molecular weight is 429 g/mol. The number of nitrogens with zero attached hydrogens (tertiary/aromatic N) is 5. The summed E-state index contributed by atoms with van der Waals surface area (Å²) in [6.45, 7) is 0. The van der Waals surface area contributed by atoms with E-state index < -0.39 is 16.9 Å². The minimum absolute atomic E-state index is 0.188. The number of halogens is 2. The smallest absolute Gasteiger partial charge is 0.349 e. The Kier molecular flexibility index (Phi) is 4.58. The van der Waals surface area contributed by atoms with Crippen LogP contribution in [0.1, 0.15) is 5.69 Å². The van der Waals surface area contributed by atoms with E-state index in [0.29, 0.717) is 17.0 Å². The third-order valence-corrected chi connectivity index (χ3v) is 4.75. The molecule has 0 unspecified atom stereocenters. The number of ether oxygens (including phenoxy) is 1. The van der Waals surface area contributed by atoms with Gasteiger partial charge in [-0.3, -0.25) is 14.3 Å². The number of methoxy groups -OCH3 is 1. The maximum absolute atomic E-state index is 12.1. The van der Waals surface area contributed by atoms with Gasteiger partial charge in [0.2, 0.25) is 5.69 Å². The zero-order valence-corrected chi connectivity index (χ0v) is 16.2. The van der Waals surface area contributed by atoms with Crippen molar-refractivity contribution in [2.45, 2.75) is 0 Å². The van der Waals surface area contributed by atoms with E-state index in [1.165, 1.54) is 12.1 Å². The van der Waals surface area contributed by atoms with Crippen LogP contribution < -0.4 is 16.0 Å². The highest BCUT2D eigenvalue weighted by molar-refractivity contribution is 6.38. The van der Waals surface area contributed by atoms with Gasteiger partial charge in [0.15, 0.2) is 0 Å². The molecule has 0 aliphatic rings. The summed E-state index contributed by atoms with van der Waals surface area (Å²) in [5.74, 6) is 0.659. The number of aromatic nitrogens is 5. The van der Waals surface area contributed by atoms with Crippen LogP contribution in [0.4, 0.5) is 0 Å². The van der Waals surface area contributed by atoms with Gasteiger partial charge in [-0.2, -0.15) is 9.94 Å². The molecule has 0 spiro atoms. The summed E-state index contributed by atoms with van der Waals surface area (Å²) in [5.41, 5.74) is -0.103. The second-order valence-corrected chi connectivity index (χ2v) is 6.67. The first-order chi connectivity index (χ1) is 13.9. The van der Waals surface area contributed by atoms with Crippen LogP contribution in [-0.4, -0.2) is 31.4 Å². The quantitative estimate of drug-likeness (QED) is 0.535. The van der Waals surface area contributed by atoms with Gasteiger partial charge in [-0.25, -0.2) is 9.78 Å². The Morgan fingerprint density at radius 3 is 2.55 bits per heavy atom. The second-order valence-electron chi connectivity index (χ2n) is 5.86. The van der Waals surface area contributed by atoms with Gasteiger partial charge in [0, 0.05) is 6.07 Å². The Balaban J connectivity index is 1.89. The summed E-state index contributed by atoms with van der Waals surface area (Å²) >= 11 is 12.9. The van der Waals surface area contributed by atoms with Crippen molar-refractivity contribution in [2.24, 2.45) is 0 Å². The molecule has 0 fully saturated rings. The molecule has 0 bridgehead atoms. The number of nitrogens with one attached hydrogen (secondary N) is 1. The van der Waals surface area contributed by atoms with E-state index in [9.17, 15) is 9.59 Å². The monoisotopic (exact) mass is 428 g/mol. The molecule has 144 valence electrons. The summed E-state index contributed by atoms with van der Waals surface area (Å²) in [5, 5.41) is 13.1. The number of nitriles is 1. The van der Waals surface area contributed by atoms with Gasteiger partial charge in [0.1, 0.15) is 18.1 Å². The number of imidazole rings is 1. The molecule has 2 aromatic carbocycles. The molecular formula is C18H10Cl2N6O3. The molecule has 0 radical (unpaired) electrons. The van der Waals surface area contributed by atoms with Crippen LogP contribution >= 0.6 is 23.2 Å². The molecule has 4 rings (SSSR count). The first kappa shape index (κ1) is 18.7. The summed E-state index contributed by atoms with van der Waals surface area (Å²) in [6.07, 6.45) is 1.56. The number of hydrogen-bond donors (Lipinski definition) is 1. The van der Waals surface area contributed by atoms with Crippen molar-refractivity contribution in [2.75, 3.05) is 7.11 Å². The predicted molar refractivity (Wildman–Crippen MR) is 106 cm³/mol. The molecule has 2 aromatic heterocycles. The van der Waals surface area contributed by atoms with Gasteiger partial charge in [-0.15, -0.1) is 5.10 Å². The highest BCUT2D eigenvalue weighted by Crippen LogP contribution is 2.33. The Morgan fingerprint density at radius 1 is 1.17 bits per heavy atom. The van der Waals surface area contributed by atoms with Crippen molar-refractivity contribution in [3.63, 3.8) is 0 Å². The topological polar surface area (TPSA) is 119 Å². The first-order valence-electron chi connectivity index (χ1n) is 8.07. The Morgan fingerprint density at radius 2 is 1.90 bits per heavy atom. The van der Waals surface area contributed by atoms with Crippen LogP contribution in [0, 0.1) is 11.3 Å². The minimum Gasteiger partial charge on any atom is -0.497 e. The zero-order chi connectivity index (χ0) is 20.7. The fourth-order valence-electron chi connectivity index (χ4n) is 2.85. The van der Waals surface area contributed by atoms with Gasteiger partial charge in [-0.05, 0) is 24.3 Å². The molecule has 0 atom stereocenters. The SMILES string of the molecule is COc1ccc2c(c1)ncn2-c1c(Cl)cc(-n2nc(C#N)c(=O)[nH]c2=O)cc1Cl. The zero-order valence-electron chi connectivity index (χ0n) is 14.7. The summed E-state index contributed by atoms with van der Waals surface area (Å²) in [4.78, 5) is 30.0. The van der Waals surface area contributed by atoms with E-state index in [0.717, 1.165) is 10.2 Å². The van der Waals surface area contributed by atoms with Crippen molar-refractivity contribution in [3.8, 4) is 23.2 Å². The van der Waals surface area contributed by atoms with Crippen molar-refractivity contribution >= 4 is 34.2 Å². The first-order valence-corrected chi connectivity index (χ1v) is 8.83. The van der Waals surface area contributed by atoms with Gasteiger partial charge in [-0.1, -0.05) is 23.2 Å². The summed E-state index contributed by atoms with van der Waals surface area (Å²) in [7, 11) is 1.56. The van der Waals surface area contributed by atoms with E-state index in [4.69, 9.17) is 33.2 Å². The molecule has 4 aromatic rings. The van der Waals surface area contributed by atoms with Crippen molar-refractivity contribution in [3.05, 3.63) is 73.2 Å². The standard InChI is InChI=1S/C18H10Cl2N6O3/c1-29-10-2-3-15-13(6-10)22-8-25(15)16-11(19)4-9(5-12(16)20)26-18(28)23-17(27)14(7-21)24-26/h2-6,8H,1H3,(H,23,27,28). The lowest BCUT2D eigenvalue weighted by molar-refractivity contribution is 0.415. The molecule has 0 aliphatic heterocycles. The Bertz CT molecular complexity index is 1410. The van der Waals surface area contributed by atoms with Crippen LogP contribution in [0.2, 0.25) is 10.0 Å². The normalized spacial score (nSPS) is 10.8. The highest BCUT2D eigenvalue weighted by Gasteiger charge is 2.16. The largest absolute Gasteiger partial charge is 0.497 e. The number of rotatable bonds is 3. The third-order valence-electron chi connectivity index (χ3n) is 4.18. The molecule has 0 saturated heterocycles. The van der Waals surface area contributed by atoms with Gasteiger partial charge < -0.3 is 4.74 Å². The van der Waals surface area contributed by atoms with Crippen LogP contribution in [-0.2, 0) is 0 Å². The second kappa shape index (κ2) is 7.09.